The highest BCUT2D eigenvalue weighted by atomic mass is 35.5. The normalized spacial score (nSPS) is 17.1. The summed E-state index contributed by atoms with van der Waals surface area (Å²) in [7, 11) is 0. The summed E-state index contributed by atoms with van der Waals surface area (Å²) in [6.45, 7) is 0.673. The molecule has 4 aromatic rings. The molecule has 1 heterocycles. The molecule has 0 saturated carbocycles. The zero-order chi connectivity index (χ0) is 33.1. The Morgan fingerprint density at radius 1 is 1.04 bits per heavy atom. The predicted molar refractivity (Wildman–Crippen MR) is 184 cm³/mol. The molecule has 4 aromatic carbocycles. The Bertz CT molecular complexity index is 1790. The first-order valence-corrected chi connectivity index (χ1v) is 15.8. The number of carbonyl (C=O) groups is 1. The summed E-state index contributed by atoms with van der Waals surface area (Å²) in [4.78, 5) is 22.5. The number of aliphatic hydroxyl groups excluding tert-OH is 1. The molecule has 2 atom stereocenters. The summed E-state index contributed by atoms with van der Waals surface area (Å²) >= 11 is 12.4. The van der Waals surface area contributed by atoms with Gasteiger partial charge in [0.25, 0.3) is 5.91 Å². The molecule has 1 aliphatic rings. The fourth-order valence-corrected chi connectivity index (χ4v) is 5.58. The average Bonchev–Trinajstić information content (AvgIpc) is 3.49. The van der Waals surface area contributed by atoms with Crippen molar-refractivity contribution in [3.8, 4) is 5.75 Å². The highest BCUT2D eigenvalue weighted by molar-refractivity contribution is 6.42. The first-order chi connectivity index (χ1) is 22.9. The lowest BCUT2D eigenvalue weighted by Crippen LogP contribution is -2.48. The van der Waals surface area contributed by atoms with Gasteiger partial charge in [0, 0.05) is 36.5 Å². The van der Waals surface area contributed by atoms with Crippen molar-refractivity contribution < 1.29 is 19.4 Å². The zero-order valence-electron chi connectivity index (χ0n) is 25.4. The van der Waals surface area contributed by atoms with Crippen molar-refractivity contribution in [1.29, 1.82) is 0 Å². The highest BCUT2D eigenvalue weighted by Gasteiger charge is 2.53. The van der Waals surface area contributed by atoms with Gasteiger partial charge in [-0.25, -0.2) is 4.99 Å². The minimum absolute atomic E-state index is 0.0409. The van der Waals surface area contributed by atoms with Crippen LogP contribution >= 0.6 is 23.2 Å². The Labute approximate surface area is 283 Å². The van der Waals surface area contributed by atoms with E-state index < -0.39 is 11.6 Å². The molecule has 1 amide bonds. The van der Waals surface area contributed by atoms with Crippen LogP contribution in [0.1, 0.15) is 46.8 Å². The molecule has 0 saturated heterocycles. The van der Waals surface area contributed by atoms with E-state index in [1.165, 1.54) is 0 Å². The second kappa shape index (κ2) is 16.2. The number of azide groups is 1. The smallest absolute Gasteiger partial charge is 0.252 e. The molecule has 240 valence electrons. The fraction of sp³-hybridized carbons (Fsp3) is 0.222. The first kappa shape index (κ1) is 33.6. The Hall–Kier alpha value is -4.79. The lowest BCUT2D eigenvalue weighted by atomic mass is 9.82. The number of ether oxygens (including phenoxy) is 2. The molecule has 2 N–H and O–H groups in total. The molecule has 0 spiro atoms. The second-order valence-corrected chi connectivity index (χ2v) is 11.6. The van der Waals surface area contributed by atoms with E-state index in [0.29, 0.717) is 45.5 Å². The molecule has 0 bridgehead atoms. The Morgan fingerprint density at radius 3 is 2.55 bits per heavy atom. The van der Waals surface area contributed by atoms with Crippen molar-refractivity contribution in [2.24, 2.45) is 10.1 Å². The maximum absolute atomic E-state index is 14.5. The van der Waals surface area contributed by atoms with Gasteiger partial charge in [0.1, 0.15) is 5.75 Å². The third-order valence-electron chi connectivity index (χ3n) is 7.65. The number of rotatable bonds is 14. The Balaban J connectivity index is 1.57. The van der Waals surface area contributed by atoms with Gasteiger partial charge in [0.15, 0.2) is 11.6 Å². The minimum atomic E-state index is -1.44. The van der Waals surface area contributed by atoms with E-state index in [1.54, 1.807) is 30.3 Å². The van der Waals surface area contributed by atoms with Crippen LogP contribution in [0.3, 0.4) is 0 Å². The van der Waals surface area contributed by atoms with E-state index in [1.807, 2.05) is 78.9 Å². The maximum atomic E-state index is 14.5. The van der Waals surface area contributed by atoms with Crippen molar-refractivity contribution in [3.05, 3.63) is 151 Å². The number of hydrogen-bond donors (Lipinski definition) is 2. The van der Waals surface area contributed by atoms with Crippen molar-refractivity contribution in [2.45, 2.75) is 37.6 Å². The van der Waals surface area contributed by atoms with Gasteiger partial charge in [0.05, 0.1) is 23.2 Å². The van der Waals surface area contributed by atoms with Crippen LogP contribution in [0.4, 0.5) is 0 Å². The van der Waals surface area contributed by atoms with E-state index in [-0.39, 0.29) is 37.9 Å². The van der Waals surface area contributed by atoms with Crippen LogP contribution in [-0.2, 0) is 22.6 Å². The Morgan fingerprint density at radius 2 is 1.81 bits per heavy atom. The molecule has 9 nitrogen and oxygen atoms in total. The summed E-state index contributed by atoms with van der Waals surface area (Å²) < 4.78 is 12.3. The van der Waals surface area contributed by atoms with Crippen molar-refractivity contribution in [3.63, 3.8) is 0 Å². The van der Waals surface area contributed by atoms with E-state index in [2.05, 4.69) is 15.3 Å². The van der Waals surface area contributed by atoms with Crippen molar-refractivity contribution in [1.82, 2.24) is 5.32 Å². The third kappa shape index (κ3) is 8.33. The number of aliphatic hydroxyl groups is 1. The van der Waals surface area contributed by atoms with Crippen LogP contribution in [0, 0.1) is 0 Å². The SMILES string of the molecule is [N-]=[N+]=NCc1ccccc1[C@H]1OC(c2ccc(OCCCO)cc2)=N[C@@]1(C/C=C/c1ccccc1)C(=O)NCc1ccc(Cl)c(Cl)c1. The largest absolute Gasteiger partial charge is 0.494 e. The monoisotopic (exact) mass is 669 g/mol. The molecule has 1 aliphatic heterocycles. The summed E-state index contributed by atoms with van der Waals surface area (Å²) in [6.07, 6.45) is 3.72. The lowest BCUT2D eigenvalue weighted by Gasteiger charge is -2.31. The van der Waals surface area contributed by atoms with Gasteiger partial charge in [-0.2, -0.15) is 0 Å². The topological polar surface area (TPSA) is 129 Å². The van der Waals surface area contributed by atoms with Crippen LogP contribution < -0.4 is 10.1 Å². The summed E-state index contributed by atoms with van der Waals surface area (Å²) in [5.74, 6) is 0.561. The number of carbonyl (C=O) groups excluding carboxylic acids is 1. The maximum Gasteiger partial charge on any atom is 0.252 e. The zero-order valence-corrected chi connectivity index (χ0v) is 26.9. The second-order valence-electron chi connectivity index (χ2n) is 10.8. The highest BCUT2D eigenvalue weighted by Crippen LogP contribution is 2.44. The van der Waals surface area contributed by atoms with E-state index in [4.69, 9.17) is 48.3 Å². The predicted octanol–water partition coefficient (Wildman–Crippen LogP) is 8.24. The molecule has 0 fully saturated rings. The van der Waals surface area contributed by atoms with Crippen LogP contribution in [0.2, 0.25) is 10.0 Å². The Kier molecular flexibility index (Phi) is 11.5. The number of hydrogen-bond acceptors (Lipinski definition) is 6. The van der Waals surface area contributed by atoms with E-state index >= 15 is 0 Å². The van der Waals surface area contributed by atoms with E-state index in [0.717, 1.165) is 11.1 Å². The van der Waals surface area contributed by atoms with Crippen LogP contribution in [0.25, 0.3) is 16.5 Å². The molecule has 0 radical (unpaired) electrons. The van der Waals surface area contributed by atoms with Gasteiger partial charge < -0.3 is 19.9 Å². The van der Waals surface area contributed by atoms with Crippen molar-refractivity contribution >= 4 is 41.1 Å². The minimum Gasteiger partial charge on any atom is -0.494 e. The van der Waals surface area contributed by atoms with Gasteiger partial charge in [-0.05, 0) is 64.2 Å². The summed E-state index contributed by atoms with van der Waals surface area (Å²) in [5.41, 5.74) is 11.4. The molecular formula is C36H33Cl2N5O4. The number of halogens is 2. The quantitative estimate of drug-likeness (QED) is 0.0606. The molecule has 0 aliphatic carbocycles. The van der Waals surface area contributed by atoms with Crippen LogP contribution in [0.5, 0.6) is 5.75 Å². The molecule has 5 rings (SSSR count). The summed E-state index contributed by atoms with van der Waals surface area (Å²) in [5, 5.41) is 16.7. The van der Waals surface area contributed by atoms with E-state index in [9.17, 15) is 4.79 Å². The lowest BCUT2D eigenvalue weighted by molar-refractivity contribution is -0.129. The molecule has 11 heteroatoms. The van der Waals surface area contributed by atoms with Gasteiger partial charge in [0.2, 0.25) is 5.90 Å². The average molecular weight is 671 g/mol. The molecule has 47 heavy (non-hydrogen) atoms. The number of aliphatic imine (C=N–C) groups is 1. The number of nitrogens with zero attached hydrogens (tertiary/aromatic N) is 4. The number of benzene rings is 4. The van der Waals surface area contributed by atoms with Crippen LogP contribution in [0.15, 0.2) is 113 Å². The standard InChI is InChI=1S/C36H33Cl2N5O4/c37-31-18-13-26(22-32(31)38)23-40-35(45)36(19-6-10-25-8-2-1-3-9-25)33(30-12-5-4-11-28(30)24-41-43-39)47-34(42-36)27-14-16-29(17-15-27)46-21-7-20-44/h1-6,8-18,22,33,44H,7,19-21,23-24H2,(H,40,45)/b10-6+/t33-,36-/m1/s1. The third-order valence-corrected chi connectivity index (χ3v) is 8.39. The van der Waals surface area contributed by atoms with Crippen molar-refractivity contribution in [2.75, 3.05) is 13.2 Å². The molecule has 0 aromatic heterocycles. The van der Waals surface area contributed by atoms with Gasteiger partial charge in [-0.3, -0.25) is 4.79 Å². The first-order valence-electron chi connectivity index (χ1n) is 15.1. The molecule has 0 unspecified atom stereocenters. The summed E-state index contributed by atoms with van der Waals surface area (Å²) in [6, 6.07) is 29.6. The number of nitrogens with one attached hydrogen (secondary N) is 1. The van der Waals surface area contributed by atoms with Gasteiger partial charge in [-0.1, -0.05) is 101 Å². The van der Waals surface area contributed by atoms with Crippen LogP contribution in [-0.4, -0.2) is 35.7 Å². The molecular weight excluding hydrogens is 637 g/mol. The van der Waals surface area contributed by atoms with Gasteiger partial charge in [-0.15, -0.1) is 0 Å². The van der Waals surface area contributed by atoms with Gasteiger partial charge >= 0.3 is 0 Å². The fourth-order valence-electron chi connectivity index (χ4n) is 5.26. The number of amides is 1.